The molecule has 0 bridgehead atoms. The summed E-state index contributed by atoms with van der Waals surface area (Å²) in [6, 6.07) is 4.97. The Bertz CT molecular complexity index is 470. The van der Waals surface area contributed by atoms with Gasteiger partial charge >= 0.3 is 0 Å². The maximum absolute atomic E-state index is 11.7. The molecule has 17 heavy (non-hydrogen) atoms. The standard InChI is InChI=1S/C12H13NO4/c1-16-6-5-13-10-7-8(17-2)3-4-9(10)11(14)12(13)15/h3-4,7H,5-6H2,1-2H3. The predicted molar refractivity (Wildman–Crippen MR) is 61.6 cm³/mol. The highest BCUT2D eigenvalue weighted by molar-refractivity contribution is 6.52. The van der Waals surface area contributed by atoms with E-state index >= 15 is 0 Å². The van der Waals surface area contributed by atoms with Gasteiger partial charge in [-0.3, -0.25) is 9.59 Å². The van der Waals surface area contributed by atoms with E-state index in [1.165, 1.54) is 4.90 Å². The van der Waals surface area contributed by atoms with Crippen molar-refractivity contribution in [1.29, 1.82) is 0 Å². The summed E-state index contributed by atoms with van der Waals surface area (Å²) in [7, 11) is 3.09. The molecule has 0 unspecified atom stereocenters. The van der Waals surface area contributed by atoms with Gasteiger partial charge in [0, 0.05) is 19.7 Å². The summed E-state index contributed by atoms with van der Waals surface area (Å²) in [5.41, 5.74) is 1.02. The Morgan fingerprint density at radius 1 is 1.24 bits per heavy atom. The Kier molecular flexibility index (Phi) is 3.10. The first kappa shape index (κ1) is 11.6. The molecule has 1 aromatic carbocycles. The summed E-state index contributed by atoms with van der Waals surface area (Å²) in [5.74, 6) is -0.363. The van der Waals surface area contributed by atoms with Crippen molar-refractivity contribution in [3.8, 4) is 5.75 Å². The zero-order valence-electron chi connectivity index (χ0n) is 9.73. The number of anilines is 1. The van der Waals surface area contributed by atoms with Crippen LogP contribution in [0, 0.1) is 0 Å². The van der Waals surface area contributed by atoms with E-state index in [-0.39, 0.29) is 0 Å². The Labute approximate surface area is 98.9 Å². The number of rotatable bonds is 4. The third kappa shape index (κ3) is 1.89. The van der Waals surface area contributed by atoms with Crippen LogP contribution in [0.4, 0.5) is 5.69 Å². The Hall–Kier alpha value is -1.88. The van der Waals surface area contributed by atoms with Crippen LogP contribution in [-0.2, 0) is 9.53 Å². The Balaban J connectivity index is 2.38. The minimum atomic E-state index is -0.509. The summed E-state index contributed by atoms with van der Waals surface area (Å²) in [5, 5.41) is 0. The van der Waals surface area contributed by atoms with E-state index in [0.29, 0.717) is 30.2 Å². The quantitative estimate of drug-likeness (QED) is 0.727. The minimum absolute atomic E-state index is 0.362. The van der Waals surface area contributed by atoms with Gasteiger partial charge in [-0.25, -0.2) is 0 Å². The fourth-order valence-corrected chi connectivity index (χ4v) is 1.81. The van der Waals surface area contributed by atoms with Crippen LogP contribution in [0.2, 0.25) is 0 Å². The molecule has 0 spiro atoms. The molecule has 90 valence electrons. The highest BCUT2D eigenvalue weighted by atomic mass is 16.5. The van der Waals surface area contributed by atoms with Gasteiger partial charge < -0.3 is 14.4 Å². The van der Waals surface area contributed by atoms with E-state index in [0.717, 1.165) is 0 Å². The van der Waals surface area contributed by atoms with Crippen LogP contribution >= 0.6 is 0 Å². The number of methoxy groups -OCH3 is 2. The monoisotopic (exact) mass is 235 g/mol. The van der Waals surface area contributed by atoms with E-state index in [2.05, 4.69) is 0 Å². The molecule has 5 nitrogen and oxygen atoms in total. The average molecular weight is 235 g/mol. The molecule has 1 aromatic rings. The summed E-state index contributed by atoms with van der Waals surface area (Å²) >= 11 is 0. The molecule has 0 aromatic heterocycles. The number of Topliss-reactive ketones (excluding diaryl/α,β-unsaturated/α-hetero) is 1. The number of fused-ring (bicyclic) bond motifs is 1. The zero-order valence-corrected chi connectivity index (χ0v) is 9.73. The SMILES string of the molecule is COCCN1C(=O)C(=O)c2ccc(OC)cc21. The van der Waals surface area contributed by atoms with Crippen molar-refractivity contribution in [2.75, 3.05) is 32.3 Å². The van der Waals surface area contributed by atoms with E-state index in [4.69, 9.17) is 9.47 Å². The molecule has 5 heteroatoms. The number of nitrogens with zero attached hydrogens (tertiary/aromatic N) is 1. The highest BCUT2D eigenvalue weighted by Gasteiger charge is 2.35. The maximum Gasteiger partial charge on any atom is 0.299 e. The van der Waals surface area contributed by atoms with Crippen molar-refractivity contribution in [2.24, 2.45) is 0 Å². The second-order valence-corrected chi connectivity index (χ2v) is 3.66. The van der Waals surface area contributed by atoms with Crippen LogP contribution < -0.4 is 9.64 Å². The van der Waals surface area contributed by atoms with Gasteiger partial charge in [0.2, 0.25) is 0 Å². The normalized spacial score (nSPS) is 14.1. The first-order chi connectivity index (χ1) is 8.19. The summed E-state index contributed by atoms with van der Waals surface area (Å²) < 4.78 is 10.0. The molecule has 0 fully saturated rings. The molecule has 1 aliphatic heterocycles. The van der Waals surface area contributed by atoms with Crippen molar-refractivity contribution >= 4 is 17.4 Å². The van der Waals surface area contributed by atoms with Gasteiger partial charge in [0.1, 0.15) is 5.75 Å². The van der Waals surface area contributed by atoms with Crippen LogP contribution in [0.1, 0.15) is 10.4 Å². The first-order valence-electron chi connectivity index (χ1n) is 5.22. The number of carbonyl (C=O) groups is 2. The summed E-state index contributed by atoms with van der Waals surface area (Å²) in [4.78, 5) is 24.9. The van der Waals surface area contributed by atoms with Crippen LogP contribution in [0.3, 0.4) is 0 Å². The molecule has 1 amide bonds. The van der Waals surface area contributed by atoms with Crippen molar-refractivity contribution in [1.82, 2.24) is 0 Å². The maximum atomic E-state index is 11.7. The lowest BCUT2D eigenvalue weighted by atomic mass is 10.1. The first-order valence-corrected chi connectivity index (χ1v) is 5.22. The molecule has 2 rings (SSSR count). The molecule has 0 atom stereocenters. The van der Waals surface area contributed by atoms with Crippen molar-refractivity contribution < 1.29 is 19.1 Å². The zero-order chi connectivity index (χ0) is 12.4. The number of ether oxygens (including phenoxy) is 2. The smallest absolute Gasteiger partial charge is 0.299 e. The van der Waals surface area contributed by atoms with E-state index < -0.39 is 11.7 Å². The average Bonchev–Trinajstić information content (AvgIpc) is 2.59. The molecule has 1 aliphatic rings. The number of amides is 1. The molecule has 0 N–H and O–H groups in total. The molecule has 0 saturated heterocycles. The minimum Gasteiger partial charge on any atom is -0.497 e. The largest absolute Gasteiger partial charge is 0.497 e. The second-order valence-electron chi connectivity index (χ2n) is 3.66. The van der Waals surface area contributed by atoms with E-state index in [9.17, 15) is 9.59 Å². The Morgan fingerprint density at radius 3 is 2.65 bits per heavy atom. The second kappa shape index (κ2) is 4.55. The molecule has 0 saturated carbocycles. The molecular formula is C12H13NO4. The number of benzene rings is 1. The molecule has 0 aliphatic carbocycles. The van der Waals surface area contributed by atoms with Gasteiger partial charge in [-0.05, 0) is 12.1 Å². The van der Waals surface area contributed by atoms with Crippen molar-refractivity contribution in [3.05, 3.63) is 23.8 Å². The van der Waals surface area contributed by atoms with Gasteiger partial charge in [-0.1, -0.05) is 0 Å². The van der Waals surface area contributed by atoms with Crippen LogP contribution in [0.15, 0.2) is 18.2 Å². The van der Waals surface area contributed by atoms with Gasteiger partial charge in [0.05, 0.1) is 25.0 Å². The number of hydrogen-bond donors (Lipinski definition) is 0. The lowest BCUT2D eigenvalue weighted by molar-refractivity contribution is -0.114. The Morgan fingerprint density at radius 2 is 2.00 bits per heavy atom. The van der Waals surface area contributed by atoms with Gasteiger partial charge in [-0.15, -0.1) is 0 Å². The van der Waals surface area contributed by atoms with Gasteiger partial charge in [-0.2, -0.15) is 0 Å². The third-order valence-corrected chi connectivity index (χ3v) is 2.70. The van der Waals surface area contributed by atoms with Gasteiger partial charge in [0.15, 0.2) is 0 Å². The fourth-order valence-electron chi connectivity index (χ4n) is 1.81. The van der Waals surface area contributed by atoms with E-state index in [1.54, 1.807) is 32.4 Å². The number of ketones is 1. The lowest BCUT2D eigenvalue weighted by Gasteiger charge is -2.16. The molecule has 0 radical (unpaired) electrons. The van der Waals surface area contributed by atoms with Crippen LogP contribution in [-0.4, -0.2) is 39.1 Å². The molecular weight excluding hydrogens is 222 g/mol. The third-order valence-electron chi connectivity index (χ3n) is 2.70. The predicted octanol–water partition coefficient (Wildman–Crippen LogP) is 0.871. The summed E-state index contributed by atoms with van der Waals surface area (Å²) in [6.45, 7) is 0.747. The number of hydrogen-bond acceptors (Lipinski definition) is 4. The van der Waals surface area contributed by atoms with Crippen LogP contribution in [0.5, 0.6) is 5.75 Å². The van der Waals surface area contributed by atoms with Crippen molar-refractivity contribution in [2.45, 2.75) is 0 Å². The highest BCUT2D eigenvalue weighted by Crippen LogP contribution is 2.32. The lowest BCUT2D eigenvalue weighted by Crippen LogP contribution is -2.32. The fraction of sp³-hybridized carbons (Fsp3) is 0.333. The molecule has 1 heterocycles. The van der Waals surface area contributed by atoms with Crippen molar-refractivity contribution in [3.63, 3.8) is 0 Å². The van der Waals surface area contributed by atoms with Gasteiger partial charge in [0.25, 0.3) is 11.7 Å². The number of carbonyl (C=O) groups excluding carboxylic acids is 2. The summed E-state index contributed by atoms with van der Waals surface area (Å²) in [6.07, 6.45) is 0. The van der Waals surface area contributed by atoms with E-state index in [1.807, 2.05) is 0 Å². The topological polar surface area (TPSA) is 55.8 Å². The van der Waals surface area contributed by atoms with Crippen LogP contribution in [0.25, 0.3) is 0 Å².